The van der Waals surface area contributed by atoms with Crippen LogP contribution >= 0.6 is 0 Å². The first-order valence-electron chi connectivity index (χ1n) is 19.6. The molecule has 0 radical (unpaired) electrons. The summed E-state index contributed by atoms with van der Waals surface area (Å²) in [5.74, 6) is -0.523. The van der Waals surface area contributed by atoms with Crippen LogP contribution < -0.4 is 21.3 Å². The van der Waals surface area contributed by atoms with Gasteiger partial charge in [0, 0.05) is 54.6 Å². The molecule has 0 amide bonds. The molecule has 8 rings (SSSR count). The summed E-state index contributed by atoms with van der Waals surface area (Å²) < 4.78 is 4.68. The predicted octanol–water partition coefficient (Wildman–Crippen LogP) is 8.87. The standard InChI is InChI=1S/C48H50N4O3/c1-9-51-44(53)41(45(54)52(10-2)46(51)55)40-32(24-28-38-47(3,4)42-34-20-13-11-16-30(34)22-26-36(42)49(38)7)18-15-19-33(40)25-29-39-48(5,6)43-35-21-14-12-17-31(35)23-27-37(43)50(39)8/h11-14,16-17,20-29H,9-10,15,18-19H2,1-8H3/b32-24+,38-28+. The quantitative estimate of drug-likeness (QED) is 0.164. The second-order valence-corrected chi connectivity index (χ2v) is 16.2. The maximum Gasteiger partial charge on any atom is 0.330 e. The maximum absolute atomic E-state index is 14.3. The van der Waals surface area contributed by atoms with Crippen molar-refractivity contribution in [3.05, 3.63) is 151 Å². The first-order valence-corrected chi connectivity index (χ1v) is 19.6. The molecule has 0 saturated heterocycles. The van der Waals surface area contributed by atoms with E-state index in [4.69, 9.17) is 0 Å². The molecule has 1 aromatic heterocycles. The van der Waals surface area contributed by atoms with E-state index in [0.29, 0.717) is 18.4 Å². The molecule has 0 N–H and O–H groups in total. The fourth-order valence-corrected chi connectivity index (χ4v) is 9.78. The summed E-state index contributed by atoms with van der Waals surface area (Å²) in [6.45, 7) is 13.0. The molecule has 7 heteroatoms. The number of allylic oxidation sites excluding steroid dienone is 8. The van der Waals surface area contributed by atoms with E-state index in [0.717, 1.165) is 29.0 Å². The maximum atomic E-state index is 14.3. The molecule has 2 aliphatic heterocycles. The SMILES string of the molecule is CCn1c([O-])c(C2=C(/C=C/C3=[N+](C)c4ccc5ccccc5c4C3(C)C)CCC/C2=C\C=C2\N(C)c3ccc4ccccc4c3C2(C)C)c(=O)n(CC)c1=O. The molecule has 0 unspecified atom stereocenters. The van der Waals surface area contributed by atoms with Crippen molar-refractivity contribution in [1.29, 1.82) is 0 Å². The van der Waals surface area contributed by atoms with E-state index < -0.39 is 17.1 Å². The molecule has 5 aromatic rings. The third-order valence-corrected chi connectivity index (χ3v) is 12.5. The van der Waals surface area contributed by atoms with Gasteiger partial charge in [-0.3, -0.25) is 9.36 Å². The molecule has 0 atom stereocenters. The lowest BCUT2D eigenvalue weighted by molar-refractivity contribution is -0.401. The molecule has 0 spiro atoms. The van der Waals surface area contributed by atoms with Gasteiger partial charge in [0.1, 0.15) is 7.05 Å². The Balaban J connectivity index is 1.32. The molecule has 0 saturated carbocycles. The van der Waals surface area contributed by atoms with Crippen LogP contribution in [0.3, 0.4) is 0 Å². The van der Waals surface area contributed by atoms with E-state index in [1.165, 1.54) is 53.2 Å². The highest BCUT2D eigenvalue weighted by Gasteiger charge is 2.44. The summed E-state index contributed by atoms with van der Waals surface area (Å²) in [6, 6.07) is 25.8. The molecule has 55 heavy (non-hydrogen) atoms. The lowest BCUT2D eigenvalue weighted by Crippen LogP contribution is -2.42. The third kappa shape index (κ3) is 5.42. The first-order chi connectivity index (χ1) is 26.3. The number of nitrogens with zero attached hydrogens (tertiary/aromatic N) is 4. The van der Waals surface area contributed by atoms with Gasteiger partial charge in [0.15, 0.2) is 5.71 Å². The summed E-state index contributed by atoms with van der Waals surface area (Å²) in [4.78, 5) is 29.9. The normalized spacial score (nSPS) is 19.2. The zero-order chi connectivity index (χ0) is 39.0. The number of rotatable bonds is 6. The van der Waals surface area contributed by atoms with Gasteiger partial charge in [0.25, 0.3) is 5.56 Å². The summed E-state index contributed by atoms with van der Waals surface area (Å²) >= 11 is 0. The van der Waals surface area contributed by atoms with Gasteiger partial charge < -0.3 is 14.6 Å². The summed E-state index contributed by atoms with van der Waals surface area (Å²) in [6.07, 6.45) is 10.9. The first kappa shape index (κ1) is 36.3. The lowest BCUT2D eigenvalue weighted by Gasteiger charge is -2.28. The molecule has 3 aliphatic rings. The minimum absolute atomic E-state index is 0.0823. The number of hydrogen-bond donors (Lipinski definition) is 0. The fraction of sp³-hybridized carbons (Fsp3) is 0.312. The highest BCUT2D eigenvalue weighted by Crippen LogP contribution is 2.50. The molecule has 1 aliphatic carbocycles. The Kier molecular flexibility index (Phi) is 8.75. The molecule has 0 fully saturated rings. The van der Waals surface area contributed by atoms with Gasteiger partial charge in [0.05, 0.1) is 11.0 Å². The van der Waals surface area contributed by atoms with E-state index in [1.807, 2.05) is 0 Å². The minimum Gasteiger partial charge on any atom is -0.859 e. The van der Waals surface area contributed by atoms with Gasteiger partial charge in [0.2, 0.25) is 5.69 Å². The molecule has 7 nitrogen and oxygen atoms in total. The number of likely N-dealkylation sites (N-methyl/N-ethyl adjacent to an activating group) is 1. The van der Waals surface area contributed by atoms with Crippen molar-refractivity contribution in [3.63, 3.8) is 0 Å². The molecule has 4 aromatic carbocycles. The molecule has 280 valence electrons. The highest BCUT2D eigenvalue weighted by atomic mass is 16.3. The van der Waals surface area contributed by atoms with Crippen molar-refractivity contribution >= 4 is 44.2 Å². The Labute approximate surface area is 323 Å². The minimum atomic E-state index is -0.556. The van der Waals surface area contributed by atoms with E-state index in [-0.39, 0.29) is 29.5 Å². The van der Waals surface area contributed by atoms with Crippen LogP contribution in [-0.4, -0.2) is 33.5 Å². The van der Waals surface area contributed by atoms with Crippen molar-refractivity contribution in [2.45, 2.75) is 84.7 Å². The summed E-state index contributed by atoms with van der Waals surface area (Å²) in [5.41, 5.74) is 8.12. The van der Waals surface area contributed by atoms with Crippen molar-refractivity contribution in [2.75, 3.05) is 19.0 Å². The van der Waals surface area contributed by atoms with Crippen LogP contribution in [0, 0.1) is 0 Å². The number of hydrogen-bond acceptors (Lipinski definition) is 4. The van der Waals surface area contributed by atoms with Crippen molar-refractivity contribution in [3.8, 4) is 5.88 Å². The lowest BCUT2D eigenvalue weighted by atomic mass is 9.78. The van der Waals surface area contributed by atoms with Crippen molar-refractivity contribution < 1.29 is 9.68 Å². The number of aromatic nitrogens is 2. The van der Waals surface area contributed by atoms with Gasteiger partial charge >= 0.3 is 5.69 Å². The average Bonchev–Trinajstić information content (AvgIpc) is 3.50. The number of benzene rings is 4. The number of anilines is 1. The molecular weight excluding hydrogens is 681 g/mol. The summed E-state index contributed by atoms with van der Waals surface area (Å²) in [7, 11) is 4.23. The second-order valence-electron chi connectivity index (χ2n) is 16.2. The van der Waals surface area contributed by atoms with E-state index in [2.05, 4.69) is 148 Å². The van der Waals surface area contributed by atoms with Gasteiger partial charge in [-0.1, -0.05) is 80.6 Å². The second kappa shape index (κ2) is 13.3. The van der Waals surface area contributed by atoms with E-state index in [1.54, 1.807) is 13.8 Å². The average molecular weight is 731 g/mol. The monoisotopic (exact) mass is 730 g/mol. The van der Waals surface area contributed by atoms with Gasteiger partial charge in [-0.25, -0.2) is 4.79 Å². The highest BCUT2D eigenvalue weighted by molar-refractivity contribution is 6.08. The van der Waals surface area contributed by atoms with Gasteiger partial charge in [-0.2, -0.15) is 4.58 Å². The van der Waals surface area contributed by atoms with Gasteiger partial charge in [-0.15, -0.1) is 0 Å². The van der Waals surface area contributed by atoms with Crippen molar-refractivity contribution in [1.82, 2.24) is 9.13 Å². The zero-order valence-electron chi connectivity index (χ0n) is 33.3. The van der Waals surface area contributed by atoms with Crippen LogP contribution in [-0.2, 0) is 23.9 Å². The molecular formula is C48H50N4O3. The Hall–Kier alpha value is -5.69. The third-order valence-electron chi connectivity index (χ3n) is 12.5. The van der Waals surface area contributed by atoms with Gasteiger partial charge in [-0.05, 0) is 115 Å². The Morgan fingerprint density at radius 3 is 2.07 bits per heavy atom. The smallest absolute Gasteiger partial charge is 0.330 e. The number of fused-ring (bicyclic) bond motifs is 6. The zero-order valence-corrected chi connectivity index (χ0v) is 33.3. The molecule has 3 heterocycles. The van der Waals surface area contributed by atoms with Crippen LogP contribution in [0.1, 0.15) is 77.5 Å². The van der Waals surface area contributed by atoms with Crippen LogP contribution in [0.5, 0.6) is 5.88 Å². The van der Waals surface area contributed by atoms with E-state index in [9.17, 15) is 14.7 Å². The topological polar surface area (TPSA) is 73.3 Å². The fourth-order valence-electron chi connectivity index (χ4n) is 9.78. The van der Waals surface area contributed by atoms with Crippen LogP contribution in [0.4, 0.5) is 11.4 Å². The van der Waals surface area contributed by atoms with Crippen LogP contribution in [0.25, 0.3) is 27.1 Å². The predicted molar refractivity (Wildman–Crippen MR) is 225 cm³/mol. The largest absolute Gasteiger partial charge is 0.859 e. The van der Waals surface area contributed by atoms with E-state index >= 15 is 0 Å². The summed E-state index contributed by atoms with van der Waals surface area (Å²) in [5, 5.41) is 19.2. The van der Waals surface area contributed by atoms with Crippen LogP contribution in [0.15, 0.2) is 124 Å². The Morgan fingerprint density at radius 1 is 0.764 bits per heavy atom. The Bertz CT molecular complexity index is 2730. The van der Waals surface area contributed by atoms with Crippen molar-refractivity contribution in [2.24, 2.45) is 0 Å². The Morgan fingerprint density at radius 2 is 1.40 bits per heavy atom. The molecule has 0 bridgehead atoms. The van der Waals surface area contributed by atoms with Crippen LogP contribution in [0.2, 0.25) is 0 Å².